The minimum atomic E-state index is -4.46. The Bertz CT molecular complexity index is 5380. The Labute approximate surface area is 725 Å². The molecule has 2 N–H and O–H groups in total. The Hall–Kier alpha value is -11.7. The van der Waals surface area contributed by atoms with Gasteiger partial charge in [0.05, 0.1) is 66.7 Å². The van der Waals surface area contributed by atoms with Crippen LogP contribution >= 0.6 is 23.2 Å². The Kier molecular flexibility index (Phi) is 35.0. The number of nitrogens with zero attached hydrogens (tertiary/aromatic N) is 11. The number of hydrogen-bond acceptors (Lipinski definition) is 15. The number of hydrogen-bond donors (Lipinski definition) is 2. The lowest BCUT2D eigenvalue weighted by atomic mass is 10.1. The normalized spacial score (nSPS) is 13.1. The average molecular weight is 1790 g/mol. The number of carbonyl (C=O) groups excluding carboxylic acids is 2. The summed E-state index contributed by atoms with van der Waals surface area (Å²) in [5.41, 5.74) is 4.14. The summed E-state index contributed by atoms with van der Waals surface area (Å²) in [4.78, 5) is 49.1. The van der Waals surface area contributed by atoms with Crippen LogP contribution in [0.25, 0.3) is 0 Å². The van der Waals surface area contributed by atoms with Gasteiger partial charge in [0.2, 0.25) is 0 Å². The van der Waals surface area contributed by atoms with Gasteiger partial charge in [0.25, 0.3) is 5.91 Å². The first-order valence-electron chi connectivity index (χ1n) is 39.3. The van der Waals surface area contributed by atoms with Crippen LogP contribution in [0.4, 0.5) is 57.1 Å². The Morgan fingerprint density at radius 3 is 1.37 bits per heavy atom. The van der Waals surface area contributed by atoms with Gasteiger partial charge in [-0.05, 0) is 170 Å². The van der Waals surface area contributed by atoms with E-state index < -0.39 is 83.5 Å². The highest BCUT2D eigenvalue weighted by Gasteiger charge is 2.34. The second kappa shape index (κ2) is 45.8. The van der Waals surface area contributed by atoms with E-state index in [4.69, 9.17) is 43.5 Å². The highest BCUT2D eigenvalue weighted by molar-refractivity contribution is 6.31. The molecule has 19 nitrogen and oxygen atoms in total. The van der Waals surface area contributed by atoms with Crippen molar-refractivity contribution < 1.29 is 97.2 Å². The number of benzene rings is 8. The van der Waals surface area contributed by atoms with Crippen molar-refractivity contribution in [1.29, 1.82) is 0 Å². The van der Waals surface area contributed by atoms with Crippen molar-refractivity contribution in [3.63, 3.8) is 0 Å². The first-order valence-corrected chi connectivity index (χ1v) is 39.6. The predicted molar refractivity (Wildman–Crippen MR) is 446 cm³/mol. The monoisotopic (exact) mass is 1780 g/mol. The van der Waals surface area contributed by atoms with Crippen molar-refractivity contribution in [2.24, 2.45) is 21.1 Å². The molecule has 1 amide bonds. The minimum absolute atomic E-state index is 0.0252. The molecule has 0 spiro atoms. The number of carbonyl (C=O) groups is 2. The van der Waals surface area contributed by atoms with Crippen LogP contribution in [0.5, 0.6) is 23.0 Å². The van der Waals surface area contributed by atoms with Crippen molar-refractivity contribution in [3.8, 4) is 23.0 Å². The molecule has 4 atom stereocenters. The van der Waals surface area contributed by atoms with Crippen molar-refractivity contribution in [1.82, 2.24) is 53.2 Å². The Balaban J connectivity index is 0.000000190. The van der Waals surface area contributed by atoms with Gasteiger partial charge in [-0.25, -0.2) is 19.3 Å². The number of amides is 1. The van der Waals surface area contributed by atoms with E-state index in [1.54, 1.807) is 117 Å². The molecule has 0 radical (unpaired) electrons. The number of halogens is 15. The zero-order chi connectivity index (χ0) is 91.5. The number of aliphatic hydroxyl groups excluding tert-OH is 2. The largest absolute Gasteiger partial charge is 0.492 e. The van der Waals surface area contributed by atoms with Gasteiger partial charge < -0.3 is 47.8 Å². The molecule has 125 heavy (non-hydrogen) atoms. The molecule has 0 saturated carbocycles. The molecule has 4 aromatic heterocycles. The maximum Gasteiger partial charge on any atom is 0.416 e. The van der Waals surface area contributed by atoms with Gasteiger partial charge in [0.15, 0.2) is 5.78 Å². The van der Waals surface area contributed by atoms with E-state index in [2.05, 4.69) is 37.8 Å². The molecule has 0 aliphatic carbocycles. The van der Waals surface area contributed by atoms with Crippen molar-refractivity contribution in [2.45, 2.75) is 102 Å². The summed E-state index contributed by atoms with van der Waals surface area (Å²) in [5, 5.41) is 22.3. The highest BCUT2D eigenvalue weighted by Crippen LogP contribution is 2.36. The fraction of sp³-hybridized carbons (Fsp3) is 0.297. The number of aryl methyl sites for hydroxylation is 4. The first kappa shape index (κ1) is 95.6. The third-order valence-corrected chi connectivity index (χ3v) is 20.3. The lowest BCUT2D eigenvalue weighted by molar-refractivity contribution is -0.138. The van der Waals surface area contributed by atoms with Gasteiger partial charge in [-0.3, -0.25) is 29.3 Å². The van der Waals surface area contributed by atoms with Gasteiger partial charge in [-0.15, -0.1) is 0 Å². The molecule has 34 heteroatoms. The van der Waals surface area contributed by atoms with Gasteiger partial charge in [0.1, 0.15) is 73.1 Å². The molecule has 12 aromatic rings. The number of alkyl halides is 12. The molecule has 12 rings (SSSR count). The van der Waals surface area contributed by atoms with E-state index in [9.17, 15) is 76.9 Å². The standard InChI is InChI=1S/C24H24ClF3N2O2.C24H28F3N3O2.C22H19ClF3N3O3.C21H21F4N3O/c1-17(18-6-4-12-29-13-18)30(14-19-5-2-3-7-23(19)25)15-21(31)16-32-22-10-8-20(9-11-22)24(26,27)28;1-17-6-4-5-7-19(17)13-30(18(2)23-12-28-16-29(23)3)14-21(31)15-32-22-10-8-20(9-11-22)24(25,26)27;1-28-14-27-10-20(28)21(31)29(11-15-4-2-3-5-19(15)23)12-17(30)13-32-18-8-6-16(7-9-18)22(24,25)26;1-27-15-26-12-18(27)14-28(13-16-4-2-3-5-20(16)22)10-11-29-19-8-6-17(7-9-19)21(23,24)25/h2-13,17,21,31H,14-16H2,1H3;4-12,16,18,21,31H,13-15H2,1-3H3;2-10,14H,11-13H2,1H3;2-9,12,15H,10-11,13-14H2,1H3/i17D;;;. The zero-order valence-electron chi connectivity index (χ0n) is 69.6. The third-order valence-electron chi connectivity index (χ3n) is 19.6. The summed E-state index contributed by atoms with van der Waals surface area (Å²) in [5.74, 6) is -0.194. The smallest absolute Gasteiger partial charge is 0.416 e. The fourth-order valence-corrected chi connectivity index (χ4v) is 12.9. The number of aromatic nitrogens is 7. The molecular weight excluding hydrogens is 1690 g/mol. The predicted octanol–water partition coefficient (Wildman–Crippen LogP) is 19.5. The summed E-state index contributed by atoms with van der Waals surface area (Å²) < 4.78 is 203. The fourth-order valence-electron chi connectivity index (χ4n) is 12.5. The molecule has 0 bridgehead atoms. The summed E-state index contributed by atoms with van der Waals surface area (Å²) in [7, 11) is 5.46. The average Bonchev–Trinajstić information content (AvgIpc) is 1.11. The van der Waals surface area contributed by atoms with E-state index in [1.807, 2.05) is 71.5 Å². The van der Waals surface area contributed by atoms with E-state index in [1.165, 1.54) is 64.5 Å². The number of imidazole rings is 3. The Morgan fingerprint density at radius 2 is 0.912 bits per heavy atom. The van der Waals surface area contributed by atoms with E-state index in [0.29, 0.717) is 65.2 Å². The number of Topliss-reactive ketones (excluding diaryl/α,β-unsaturated/α-hetero) is 1. The number of pyridine rings is 1. The summed E-state index contributed by atoms with van der Waals surface area (Å²) in [6, 6.07) is 48.4. The molecule has 4 heterocycles. The molecule has 0 aliphatic heterocycles. The van der Waals surface area contributed by atoms with Crippen LogP contribution in [0.1, 0.15) is 105 Å². The van der Waals surface area contributed by atoms with Crippen LogP contribution in [0, 0.1) is 12.7 Å². The van der Waals surface area contributed by atoms with Gasteiger partial charge in [-0.2, -0.15) is 52.7 Å². The van der Waals surface area contributed by atoms with Crippen molar-refractivity contribution in [3.05, 3.63) is 345 Å². The van der Waals surface area contributed by atoms with Crippen LogP contribution in [0.3, 0.4) is 0 Å². The second-order valence-corrected chi connectivity index (χ2v) is 29.7. The minimum Gasteiger partial charge on any atom is -0.492 e. The molecular formula is C91H92Cl2F13N11O8. The number of ketones is 1. The third kappa shape index (κ3) is 30.6. The maximum absolute atomic E-state index is 14.1. The number of aliphatic hydroxyl groups is 2. The summed E-state index contributed by atoms with van der Waals surface area (Å²) >= 11 is 12.5. The molecule has 0 aliphatic rings. The lowest BCUT2D eigenvalue weighted by Gasteiger charge is -2.31. The molecule has 0 saturated heterocycles. The molecule has 4 unspecified atom stereocenters. The topological polar surface area (TPSA) is 191 Å². The van der Waals surface area contributed by atoms with Gasteiger partial charge >= 0.3 is 24.7 Å². The van der Waals surface area contributed by atoms with Gasteiger partial charge in [0, 0.05) is 126 Å². The number of ether oxygens (including phenoxy) is 4. The van der Waals surface area contributed by atoms with Crippen LogP contribution in [-0.4, -0.2) is 140 Å². The van der Waals surface area contributed by atoms with Crippen LogP contribution in [0.2, 0.25) is 10.0 Å². The second-order valence-electron chi connectivity index (χ2n) is 28.9. The highest BCUT2D eigenvalue weighted by atomic mass is 35.5. The first-order chi connectivity index (χ1) is 59.7. The Morgan fingerprint density at radius 1 is 0.472 bits per heavy atom. The maximum atomic E-state index is 14.1. The van der Waals surface area contributed by atoms with Crippen LogP contribution < -0.4 is 18.9 Å². The van der Waals surface area contributed by atoms with Gasteiger partial charge in [-0.1, -0.05) is 108 Å². The van der Waals surface area contributed by atoms with Crippen LogP contribution in [-0.2, 0) is 83.4 Å². The van der Waals surface area contributed by atoms with Crippen LogP contribution in [0.15, 0.2) is 256 Å². The van der Waals surface area contributed by atoms with Crippen molar-refractivity contribution in [2.75, 3.05) is 52.6 Å². The van der Waals surface area contributed by atoms with E-state index >= 15 is 0 Å². The van der Waals surface area contributed by atoms with E-state index in [-0.39, 0.29) is 80.8 Å². The molecule has 0 fully saturated rings. The lowest BCUT2D eigenvalue weighted by Crippen LogP contribution is -2.37. The quantitative estimate of drug-likeness (QED) is 0.0362. The zero-order valence-corrected chi connectivity index (χ0v) is 70.1. The summed E-state index contributed by atoms with van der Waals surface area (Å²) in [6.07, 6.45) is -6.46. The van der Waals surface area contributed by atoms with E-state index in [0.717, 1.165) is 88.7 Å². The SMILES string of the molecule is Cc1ccccc1CN(CC(O)COc1ccc(C(F)(F)F)cc1)C(C)c1cncn1C.Cn1cncc1C(=O)N(CC(=O)COc1ccc(C(F)(F)F)cc1)Cc1ccccc1Cl.Cn1cncc1CN(CCOc1ccc(C(F)(F)F)cc1)Cc1ccccc1F.[2H]C(C)(c1cccnc1)N(Cc1ccccc1Cl)CC(O)COc1ccc(C(F)(F)F)cc1. The number of rotatable bonds is 34. The molecule has 664 valence electrons. The molecule has 8 aromatic carbocycles. The summed E-state index contributed by atoms with van der Waals surface area (Å²) in [6.45, 7) is 7.88. The van der Waals surface area contributed by atoms with Crippen molar-refractivity contribution >= 4 is 34.9 Å².